The fourth-order valence-electron chi connectivity index (χ4n) is 3.70. The molecule has 142 valence electrons. The summed E-state index contributed by atoms with van der Waals surface area (Å²) in [6.45, 7) is 1.80. The first kappa shape index (κ1) is 18.1. The highest BCUT2D eigenvalue weighted by atomic mass is 32.2. The summed E-state index contributed by atoms with van der Waals surface area (Å²) in [7, 11) is -3.59. The molecular formula is C20H23N3O3S. The molecule has 7 heteroatoms. The van der Waals surface area contributed by atoms with E-state index in [1.165, 1.54) is 6.92 Å². The highest BCUT2D eigenvalue weighted by Crippen LogP contribution is 2.34. The molecule has 1 heterocycles. The SMILES string of the molecule is CC(=O)NC1Cc2ccc(S(=O)(=O)N(Cc3ccccn3)C3CC3)cc2C1. The van der Waals surface area contributed by atoms with E-state index in [1.807, 2.05) is 24.3 Å². The van der Waals surface area contributed by atoms with Crippen molar-refractivity contribution in [2.24, 2.45) is 0 Å². The largest absolute Gasteiger partial charge is 0.353 e. The van der Waals surface area contributed by atoms with Gasteiger partial charge in [0.1, 0.15) is 0 Å². The van der Waals surface area contributed by atoms with E-state index in [2.05, 4.69) is 10.3 Å². The molecule has 2 aliphatic rings. The molecule has 0 saturated heterocycles. The van der Waals surface area contributed by atoms with Crippen molar-refractivity contribution < 1.29 is 13.2 Å². The topological polar surface area (TPSA) is 79.4 Å². The monoisotopic (exact) mass is 385 g/mol. The lowest BCUT2D eigenvalue weighted by Crippen LogP contribution is -2.33. The van der Waals surface area contributed by atoms with Gasteiger partial charge in [-0.05, 0) is 61.1 Å². The van der Waals surface area contributed by atoms with Crippen LogP contribution < -0.4 is 5.32 Å². The number of benzene rings is 1. The maximum atomic E-state index is 13.3. The Labute approximate surface area is 159 Å². The third kappa shape index (κ3) is 3.89. The van der Waals surface area contributed by atoms with Gasteiger partial charge in [-0.25, -0.2) is 8.42 Å². The van der Waals surface area contributed by atoms with E-state index in [9.17, 15) is 13.2 Å². The van der Waals surface area contributed by atoms with Crippen LogP contribution in [0.1, 0.15) is 36.6 Å². The molecule has 1 fully saturated rings. The summed E-state index contributed by atoms with van der Waals surface area (Å²) >= 11 is 0. The quantitative estimate of drug-likeness (QED) is 0.825. The third-order valence-corrected chi connectivity index (χ3v) is 7.02. The van der Waals surface area contributed by atoms with Gasteiger partial charge in [-0.2, -0.15) is 4.31 Å². The highest BCUT2D eigenvalue weighted by Gasteiger charge is 2.38. The van der Waals surface area contributed by atoms with Crippen molar-refractivity contribution in [3.05, 3.63) is 59.4 Å². The molecule has 6 nitrogen and oxygen atoms in total. The molecular weight excluding hydrogens is 362 g/mol. The second-order valence-corrected chi connectivity index (χ2v) is 9.23. The number of hydrogen-bond donors (Lipinski definition) is 1. The molecule has 0 bridgehead atoms. The average Bonchev–Trinajstić information content (AvgIpc) is 3.39. The molecule has 1 aromatic carbocycles. The van der Waals surface area contributed by atoms with Crippen LogP contribution in [0, 0.1) is 0 Å². The molecule has 2 aromatic rings. The van der Waals surface area contributed by atoms with E-state index >= 15 is 0 Å². The number of nitrogens with zero attached hydrogens (tertiary/aromatic N) is 2. The minimum atomic E-state index is -3.59. The maximum absolute atomic E-state index is 13.3. The van der Waals surface area contributed by atoms with Crippen molar-refractivity contribution >= 4 is 15.9 Å². The van der Waals surface area contributed by atoms with Gasteiger partial charge in [-0.1, -0.05) is 12.1 Å². The molecule has 1 N–H and O–H groups in total. The van der Waals surface area contributed by atoms with Crippen molar-refractivity contribution in [1.29, 1.82) is 0 Å². The van der Waals surface area contributed by atoms with Gasteiger partial charge in [-0.3, -0.25) is 9.78 Å². The number of carbonyl (C=O) groups is 1. The standard InChI is InChI=1S/C20H23N3O3S/c1-14(24)22-18-10-15-5-8-20(12-16(15)11-18)27(25,26)23(19-6-7-19)13-17-4-2-3-9-21-17/h2-5,8-9,12,18-19H,6-7,10-11,13H2,1H3,(H,22,24). The molecule has 1 saturated carbocycles. The number of hydrogen-bond acceptors (Lipinski definition) is 4. The minimum Gasteiger partial charge on any atom is -0.353 e. The summed E-state index contributed by atoms with van der Waals surface area (Å²) in [6, 6.07) is 11.0. The van der Waals surface area contributed by atoms with Gasteiger partial charge in [0.25, 0.3) is 0 Å². The zero-order valence-electron chi connectivity index (χ0n) is 15.3. The van der Waals surface area contributed by atoms with Crippen LogP contribution in [-0.2, 0) is 34.2 Å². The Kier molecular flexibility index (Phi) is 4.74. The second kappa shape index (κ2) is 7.05. The summed E-state index contributed by atoms with van der Waals surface area (Å²) < 4.78 is 28.2. The van der Waals surface area contributed by atoms with Crippen molar-refractivity contribution in [2.75, 3.05) is 0 Å². The number of aromatic nitrogens is 1. The predicted molar refractivity (Wildman–Crippen MR) is 101 cm³/mol. The molecule has 1 amide bonds. The second-order valence-electron chi connectivity index (χ2n) is 7.34. The van der Waals surface area contributed by atoms with E-state index < -0.39 is 10.0 Å². The third-order valence-electron chi connectivity index (χ3n) is 5.12. The van der Waals surface area contributed by atoms with E-state index in [4.69, 9.17) is 0 Å². The van der Waals surface area contributed by atoms with Crippen LogP contribution in [0.2, 0.25) is 0 Å². The summed E-state index contributed by atoms with van der Waals surface area (Å²) in [4.78, 5) is 15.9. The zero-order valence-corrected chi connectivity index (χ0v) is 16.1. The van der Waals surface area contributed by atoms with Crippen LogP contribution in [0.5, 0.6) is 0 Å². The molecule has 27 heavy (non-hydrogen) atoms. The van der Waals surface area contributed by atoms with Crippen LogP contribution in [-0.4, -0.2) is 35.7 Å². The Morgan fingerprint density at radius 3 is 2.63 bits per heavy atom. The van der Waals surface area contributed by atoms with E-state index in [1.54, 1.807) is 22.6 Å². The Morgan fingerprint density at radius 2 is 1.96 bits per heavy atom. The van der Waals surface area contributed by atoms with Gasteiger partial charge >= 0.3 is 0 Å². The maximum Gasteiger partial charge on any atom is 0.243 e. The minimum absolute atomic E-state index is 0.0449. The van der Waals surface area contributed by atoms with Gasteiger partial charge in [0.05, 0.1) is 17.1 Å². The molecule has 1 aromatic heterocycles. The van der Waals surface area contributed by atoms with Crippen molar-refractivity contribution in [3.63, 3.8) is 0 Å². The zero-order chi connectivity index (χ0) is 19.0. The van der Waals surface area contributed by atoms with Crippen LogP contribution in [0.25, 0.3) is 0 Å². The summed E-state index contributed by atoms with van der Waals surface area (Å²) in [5, 5.41) is 2.92. The van der Waals surface area contributed by atoms with Gasteiger partial charge in [0, 0.05) is 25.2 Å². The summed E-state index contributed by atoms with van der Waals surface area (Å²) in [6.07, 6.45) is 4.88. The van der Waals surface area contributed by atoms with Crippen LogP contribution in [0.15, 0.2) is 47.5 Å². The first-order valence-corrected chi connectivity index (χ1v) is 10.7. The van der Waals surface area contributed by atoms with E-state index in [-0.39, 0.29) is 18.0 Å². The van der Waals surface area contributed by atoms with E-state index in [0.717, 1.165) is 36.1 Å². The van der Waals surface area contributed by atoms with Crippen LogP contribution in [0.4, 0.5) is 0 Å². The number of amides is 1. The first-order valence-electron chi connectivity index (χ1n) is 9.24. The fourth-order valence-corrected chi connectivity index (χ4v) is 5.41. The van der Waals surface area contributed by atoms with Crippen molar-refractivity contribution in [3.8, 4) is 0 Å². The Hall–Kier alpha value is -2.25. The first-order chi connectivity index (χ1) is 12.9. The highest BCUT2D eigenvalue weighted by molar-refractivity contribution is 7.89. The lowest BCUT2D eigenvalue weighted by Gasteiger charge is -2.22. The van der Waals surface area contributed by atoms with Crippen LogP contribution in [0.3, 0.4) is 0 Å². The Balaban J connectivity index is 1.59. The molecule has 1 unspecified atom stereocenters. The lowest BCUT2D eigenvalue weighted by atomic mass is 10.1. The molecule has 0 radical (unpaired) electrons. The molecule has 4 rings (SSSR count). The van der Waals surface area contributed by atoms with Crippen molar-refractivity contribution in [1.82, 2.24) is 14.6 Å². The fraction of sp³-hybridized carbons (Fsp3) is 0.400. The lowest BCUT2D eigenvalue weighted by molar-refractivity contribution is -0.119. The number of carbonyl (C=O) groups excluding carboxylic acids is 1. The predicted octanol–water partition coefficient (Wildman–Crippen LogP) is 2.04. The number of sulfonamides is 1. The molecule has 0 aliphatic heterocycles. The Bertz CT molecular complexity index is 956. The smallest absolute Gasteiger partial charge is 0.243 e. The number of nitrogens with one attached hydrogen (secondary N) is 1. The van der Waals surface area contributed by atoms with Crippen LogP contribution >= 0.6 is 0 Å². The molecule has 1 atom stereocenters. The van der Waals surface area contributed by atoms with Gasteiger partial charge in [0.2, 0.25) is 15.9 Å². The van der Waals surface area contributed by atoms with Gasteiger partial charge < -0.3 is 5.32 Å². The van der Waals surface area contributed by atoms with E-state index in [0.29, 0.717) is 17.9 Å². The average molecular weight is 385 g/mol. The molecule has 0 spiro atoms. The Morgan fingerprint density at radius 1 is 1.19 bits per heavy atom. The number of rotatable bonds is 6. The van der Waals surface area contributed by atoms with Gasteiger partial charge in [0.15, 0.2) is 0 Å². The summed E-state index contributed by atoms with van der Waals surface area (Å²) in [5.41, 5.74) is 2.86. The van der Waals surface area contributed by atoms with Gasteiger partial charge in [-0.15, -0.1) is 0 Å². The summed E-state index contributed by atoms with van der Waals surface area (Å²) in [5.74, 6) is -0.0593. The molecule has 2 aliphatic carbocycles. The number of pyridine rings is 1. The number of fused-ring (bicyclic) bond motifs is 1. The normalized spacial score (nSPS) is 19.1. The van der Waals surface area contributed by atoms with Crippen molar-refractivity contribution in [2.45, 2.75) is 56.1 Å².